The van der Waals surface area contributed by atoms with E-state index in [0.29, 0.717) is 29.5 Å². The molecule has 0 spiro atoms. The van der Waals surface area contributed by atoms with Crippen molar-refractivity contribution in [3.05, 3.63) is 16.4 Å². The fraction of sp³-hybridized carbons (Fsp3) is 0.769. The molecule has 114 valence electrons. The van der Waals surface area contributed by atoms with Crippen LogP contribution >= 0.6 is 11.6 Å². The monoisotopic (exact) mass is 320 g/mol. The van der Waals surface area contributed by atoms with E-state index >= 15 is 0 Å². The maximum absolute atomic E-state index is 11.7. The third kappa shape index (κ3) is 2.87. The Morgan fingerprint density at radius 2 is 2.15 bits per heavy atom. The Bertz CT molecular complexity index is 609. The van der Waals surface area contributed by atoms with Gasteiger partial charge in [-0.25, -0.2) is 13.1 Å². The molecule has 1 fully saturated rings. The molecule has 0 amide bonds. The average molecular weight is 321 g/mol. The summed E-state index contributed by atoms with van der Waals surface area (Å²) in [5, 5.41) is 14.4. The molecule has 0 radical (unpaired) electrons. The van der Waals surface area contributed by atoms with E-state index in [1.54, 1.807) is 4.68 Å². The first kappa shape index (κ1) is 15.8. The molecule has 0 saturated carbocycles. The summed E-state index contributed by atoms with van der Waals surface area (Å²) in [7, 11) is -3.03. The fourth-order valence-corrected chi connectivity index (χ4v) is 5.22. The van der Waals surface area contributed by atoms with Crippen molar-refractivity contribution in [1.82, 2.24) is 9.78 Å². The number of aliphatic hydroxyl groups is 1. The number of halogens is 1. The smallest absolute Gasteiger partial charge is 0.152 e. The third-order valence-electron chi connectivity index (χ3n) is 3.76. The lowest BCUT2D eigenvalue weighted by atomic mass is 10.0. The number of nitrogens with zero attached hydrogens (tertiary/aromatic N) is 2. The maximum atomic E-state index is 11.7. The lowest BCUT2D eigenvalue weighted by Gasteiger charge is -2.23. The molecule has 2 heterocycles. The Labute approximate surface area is 124 Å². The minimum absolute atomic E-state index is 0.0490. The SMILES string of the molecule is CC(C)Cc1nn(C2(C)CCS(=O)(=O)C2)c(Cl)c1CO. The zero-order chi connectivity index (χ0) is 15.1. The summed E-state index contributed by atoms with van der Waals surface area (Å²) in [6.07, 6.45) is 1.22. The van der Waals surface area contributed by atoms with E-state index in [4.69, 9.17) is 11.6 Å². The fourth-order valence-electron chi connectivity index (χ4n) is 2.70. The molecule has 20 heavy (non-hydrogen) atoms. The highest BCUT2D eigenvalue weighted by atomic mass is 35.5. The lowest BCUT2D eigenvalue weighted by Crippen LogP contribution is -2.32. The predicted octanol–water partition coefficient (Wildman–Crippen LogP) is 1.76. The largest absolute Gasteiger partial charge is 0.391 e. The molecule has 1 aliphatic heterocycles. The van der Waals surface area contributed by atoms with Crippen LogP contribution in [0.2, 0.25) is 5.15 Å². The minimum Gasteiger partial charge on any atom is -0.391 e. The summed E-state index contributed by atoms with van der Waals surface area (Å²) < 4.78 is 25.1. The molecule has 1 N–H and O–H groups in total. The van der Waals surface area contributed by atoms with Gasteiger partial charge in [-0.15, -0.1) is 0 Å². The zero-order valence-electron chi connectivity index (χ0n) is 12.1. The molecule has 7 heteroatoms. The molecule has 5 nitrogen and oxygen atoms in total. The number of aliphatic hydroxyl groups excluding tert-OH is 1. The van der Waals surface area contributed by atoms with Crippen molar-refractivity contribution in [2.45, 2.75) is 45.8 Å². The third-order valence-corrected chi connectivity index (χ3v) is 6.03. The van der Waals surface area contributed by atoms with Crippen molar-refractivity contribution in [1.29, 1.82) is 0 Å². The van der Waals surface area contributed by atoms with Crippen LogP contribution in [0.4, 0.5) is 0 Å². The standard InChI is InChI=1S/C13H21ClN2O3S/c1-9(2)6-11-10(7-17)12(14)16(15-11)13(3)4-5-20(18,19)8-13/h9,17H,4-8H2,1-3H3. The van der Waals surface area contributed by atoms with Crippen LogP contribution < -0.4 is 0 Å². The van der Waals surface area contributed by atoms with Gasteiger partial charge in [0.25, 0.3) is 0 Å². The number of sulfone groups is 1. The second-order valence-corrected chi connectivity index (χ2v) is 8.76. The van der Waals surface area contributed by atoms with E-state index in [0.717, 1.165) is 5.69 Å². The molecule has 1 atom stereocenters. The Morgan fingerprint density at radius 1 is 1.50 bits per heavy atom. The maximum Gasteiger partial charge on any atom is 0.152 e. The summed E-state index contributed by atoms with van der Waals surface area (Å²) >= 11 is 6.32. The van der Waals surface area contributed by atoms with Crippen LogP contribution in [0.3, 0.4) is 0 Å². The number of hydrogen-bond donors (Lipinski definition) is 1. The Morgan fingerprint density at radius 3 is 2.60 bits per heavy atom. The highest BCUT2D eigenvalue weighted by Crippen LogP contribution is 2.35. The first-order valence-electron chi connectivity index (χ1n) is 6.76. The number of aromatic nitrogens is 2. The molecule has 0 bridgehead atoms. The van der Waals surface area contributed by atoms with E-state index in [1.165, 1.54) is 0 Å². The molecule has 1 unspecified atom stereocenters. The Balaban J connectivity index is 2.45. The molecule has 1 aromatic heterocycles. The highest BCUT2D eigenvalue weighted by molar-refractivity contribution is 7.91. The summed E-state index contributed by atoms with van der Waals surface area (Å²) in [6.45, 7) is 5.81. The van der Waals surface area contributed by atoms with Crippen LogP contribution in [0.1, 0.15) is 38.4 Å². The van der Waals surface area contributed by atoms with E-state index in [2.05, 4.69) is 18.9 Å². The topological polar surface area (TPSA) is 72.2 Å². The van der Waals surface area contributed by atoms with E-state index < -0.39 is 15.4 Å². The molecule has 1 aliphatic rings. The quantitative estimate of drug-likeness (QED) is 0.917. The van der Waals surface area contributed by atoms with Crippen LogP contribution in [0.15, 0.2) is 0 Å². The summed E-state index contributed by atoms with van der Waals surface area (Å²) in [5.74, 6) is 0.598. The first-order chi connectivity index (χ1) is 9.18. The Kier molecular flexibility index (Phi) is 4.19. The van der Waals surface area contributed by atoms with Gasteiger partial charge in [0.05, 0.1) is 29.3 Å². The van der Waals surface area contributed by atoms with E-state index in [9.17, 15) is 13.5 Å². The molecule has 1 aromatic rings. The molecule has 2 rings (SSSR count). The summed E-state index contributed by atoms with van der Waals surface area (Å²) in [5.41, 5.74) is 0.763. The molecular formula is C13H21ClN2O3S. The summed E-state index contributed by atoms with van der Waals surface area (Å²) in [6, 6.07) is 0. The summed E-state index contributed by atoms with van der Waals surface area (Å²) in [4.78, 5) is 0. The number of hydrogen-bond acceptors (Lipinski definition) is 4. The van der Waals surface area contributed by atoms with Crippen molar-refractivity contribution >= 4 is 21.4 Å². The van der Waals surface area contributed by atoms with Crippen LogP contribution in [0.5, 0.6) is 0 Å². The van der Waals surface area contributed by atoms with Gasteiger partial charge in [0.2, 0.25) is 0 Å². The van der Waals surface area contributed by atoms with Crippen molar-refractivity contribution < 1.29 is 13.5 Å². The lowest BCUT2D eigenvalue weighted by molar-refractivity contribution is 0.279. The van der Waals surface area contributed by atoms with Gasteiger partial charge in [-0.1, -0.05) is 25.4 Å². The number of rotatable bonds is 4. The van der Waals surface area contributed by atoms with Crippen LogP contribution in [0, 0.1) is 5.92 Å². The van der Waals surface area contributed by atoms with Gasteiger partial charge in [0.1, 0.15) is 5.15 Å². The highest BCUT2D eigenvalue weighted by Gasteiger charge is 2.42. The van der Waals surface area contributed by atoms with E-state index in [-0.39, 0.29) is 18.1 Å². The van der Waals surface area contributed by atoms with Gasteiger partial charge in [0.15, 0.2) is 9.84 Å². The zero-order valence-corrected chi connectivity index (χ0v) is 13.6. The second-order valence-electron chi connectivity index (χ2n) is 6.22. The molecule has 0 aromatic carbocycles. The molecular weight excluding hydrogens is 300 g/mol. The Hall–Kier alpha value is -0.590. The van der Waals surface area contributed by atoms with Crippen LogP contribution in [0.25, 0.3) is 0 Å². The normalized spacial score (nSPS) is 25.5. The van der Waals surface area contributed by atoms with Gasteiger partial charge in [0, 0.05) is 5.56 Å². The van der Waals surface area contributed by atoms with Gasteiger partial charge >= 0.3 is 0 Å². The second kappa shape index (κ2) is 5.31. The predicted molar refractivity (Wildman–Crippen MR) is 78.6 cm³/mol. The average Bonchev–Trinajstić information content (AvgIpc) is 2.77. The van der Waals surface area contributed by atoms with Gasteiger partial charge < -0.3 is 5.11 Å². The van der Waals surface area contributed by atoms with Gasteiger partial charge in [-0.2, -0.15) is 5.10 Å². The van der Waals surface area contributed by atoms with Crippen molar-refractivity contribution in [2.24, 2.45) is 5.92 Å². The van der Waals surface area contributed by atoms with Crippen LogP contribution in [-0.4, -0.2) is 34.8 Å². The first-order valence-corrected chi connectivity index (χ1v) is 8.96. The van der Waals surface area contributed by atoms with Crippen molar-refractivity contribution in [3.8, 4) is 0 Å². The minimum atomic E-state index is -3.03. The van der Waals surface area contributed by atoms with Crippen molar-refractivity contribution in [3.63, 3.8) is 0 Å². The van der Waals surface area contributed by atoms with Gasteiger partial charge in [-0.3, -0.25) is 0 Å². The van der Waals surface area contributed by atoms with E-state index in [1.807, 2.05) is 6.92 Å². The molecule has 0 aliphatic carbocycles. The van der Waals surface area contributed by atoms with Crippen LogP contribution in [-0.2, 0) is 28.4 Å². The molecule has 1 saturated heterocycles. The van der Waals surface area contributed by atoms with Crippen molar-refractivity contribution in [2.75, 3.05) is 11.5 Å². The van der Waals surface area contributed by atoms with Gasteiger partial charge in [-0.05, 0) is 25.7 Å².